The predicted molar refractivity (Wildman–Crippen MR) is 105 cm³/mol. The molecule has 28 heavy (non-hydrogen) atoms. The van der Waals surface area contributed by atoms with Crippen LogP contribution in [0.1, 0.15) is 35.4 Å². The van der Waals surface area contributed by atoms with Gasteiger partial charge in [0.2, 0.25) is 0 Å². The van der Waals surface area contributed by atoms with Crippen LogP contribution in [-0.2, 0) is 22.6 Å². The van der Waals surface area contributed by atoms with Crippen LogP contribution in [0.25, 0.3) is 6.08 Å². The summed E-state index contributed by atoms with van der Waals surface area (Å²) >= 11 is 0. The Balaban J connectivity index is 1.74. The summed E-state index contributed by atoms with van der Waals surface area (Å²) in [5, 5.41) is 12.0. The van der Waals surface area contributed by atoms with E-state index in [0.717, 1.165) is 42.9 Å². The van der Waals surface area contributed by atoms with Gasteiger partial charge < -0.3 is 14.6 Å². The van der Waals surface area contributed by atoms with E-state index >= 15 is 0 Å². The summed E-state index contributed by atoms with van der Waals surface area (Å²) in [7, 11) is 0. The van der Waals surface area contributed by atoms with Crippen molar-refractivity contribution in [2.45, 2.75) is 45.9 Å². The van der Waals surface area contributed by atoms with E-state index in [0.29, 0.717) is 5.56 Å². The molecule has 5 nitrogen and oxygen atoms in total. The van der Waals surface area contributed by atoms with E-state index in [9.17, 15) is 14.4 Å². The number of carbonyl (C=O) groups is 1. The quantitative estimate of drug-likeness (QED) is 0.614. The molecule has 1 aromatic carbocycles. The molecule has 0 spiro atoms. The van der Waals surface area contributed by atoms with Gasteiger partial charge in [0, 0.05) is 36.6 Å². The second kappa shape index (κ2) is 8.85. The van der Waals surface area contributed by atoms with E-state index in [-0.39, 0.29) is 24.0 Å². The molecule has 1 amide bonds. The first-order chi connectivity index (χ1) is 13.5. The molecule has 1 aliphatic rings. The highest BCUT2D eigenvalue weighted by atomic mass is 19.1. The molecular weight excluding hydrogens is 357 g/mol. The van der Waals surface area contributed by atoms with Gasteiger partial charge in [-0.1, -0.05) is 18.2 Å². The maximum absolute atomic E-state index is 13.7. The van der Waals surface area contributed by atoms with Crippen LogP contribution in [0.15, 0.2) is 35.9 Å². The molecule has 146 valence electrons. The zero-order valence-corrected chi connectivity index (χ0v) is 16.2. The standard InChI is InChI=1S/C22H24FN3O2/c1-15-10-18(16(2)26(15)14-20-7-5-9-28-20)11-19(12-24)22(27)25-13-17-6-3-4-8-21(17)23/h3-4,6,8,10-11,20H,5,7,9,13-14H2,1-2H3,(H,25,27)/b19-11+/t20-/m1/s1. The number of nitrogens with zero attached hydrogens (tertiary/aromatic N) is 2. The molecule has 0 aliphatic carbocycles. The summed E-state index contributed by atoms with van der Waals surface area (Å²) in [6, 6.07) is 10.1. The van der Waals surface area contributed by atoms with E-state index in [2.05, 4.69) is 9.88 Å². The molecule has 0 unspecified atom stereocenters. The van der Waals surface area contributed by atoms with Crippen molar-refractivity contribution in [3.8, 4) is 6.07 Å². The molecule has 0 saturated carbocycles. The van der Waals surface area contributed by atoms with E-state index in [1.807, 2.05) is 26.0 Å². The Hall–Kier alpha value is -2.91. The number of carbonyl (C=O) groups excluding carboxylic acids is 1. The molecular formula is C22H24FN3O2. The van der Waals surface area contributed by atoms with Crippen molar-refractivity contribution in [1.29, 1.82) is 5.26 Å². The van der Waals surface area contributed by atoms with Gasteiger partial charge in [-0.25, -0.2) is 4.39 Å². The number of rotatable bonds is 6. The molecule has 3 rings (SSSR count). The second-order valence-electron chi connectivity index (χ2n) is 7.02. The lowest BCUT2D eigenvalue weighted by Gasteiger charge is -2.14. The van der Waals surface area contributed by atoms with Gasteiger partial charge in [-0.2, -0.15) is 5.26 Å². The topological polar surface area (TPSA) is 67.0 Å². The fourth-order valence-corrected chi connectivity index (χ4v) is 3.46. The van der Waals surface area contributed by atoms with E-state index in [1.54, 1.807) is 24.3 Å². The maximum atomic E-state index is 13.7. The van der Waals surface area contributed by atoms with Gasteiger partial charge in [0.15, 0.2) is 0 Å². The molecule has 1 aromatic heterocycles. The van der Waals surface area contributed by atoms with E-state index in [4.69, 9.17) is 4.74 Å². The second-order valence-corrected chi connectivity index (χ2v) is 7.02. The van der Waals surface area contributed by atoms with E-state index < -0.39 is 5.91 Å². The van der Waals surface area contributed by atoms with Crippen LogP contribution in [0.5, 0.6) is 0 Å². The first kappa shape index (κ1) is 19.8. The predicted octanol–water partition coefficient (Wildman–Crippen LogP) is 3.65. The molecule has 0 bridgehead atoms. The third-order valence-corrected chi connectivity index (χ3v) is 5.09. The van der Waals surface area contributed by atoms with Crippen LogP contribution >= 0.6 is 0 Å². The van der Waals surface area contributed by atoms with Crippen molar-refractivity contribution in [2.75, 3.05) is 6.61 Å². The van der Waals surface area contributed by atoms with Crippen LogP contribution < -0.4 is 5.32 Å². The molecule has 6 heteroatoms. The number of nitrogens with one attached hydrogen (secondary N) is 1. The summed E-state index contributed by atoms with van der Waals surface area (Å²) in [4.78, 5) is 12.4. The fraction of sp³-hybridized carbons (Fsp3) is 0.364. The summed E-state index contributed by atoms with van der Waals surface area (Å²) in [5.41, 5.74) is 3.25. The Morgan fingerprint density at radius 3 is 2.89 bits per heavy atom. The number of nitriles is 1. The lowest BCUT2D eigenvalue weighted by atomic mass is 10.1. The van der Waals surface area contributed by atoms with Crippen LogP contribution in [0.2, 0.25) is 0 Å². The highest BCUT2D eigenvalue weighted by Crippen LogP contribution is 2.22. The van der Waals surface area contributed by atoms with Crippen molar-refractivity contribution in [3.05, 3.63) is 64.2 Å². The number of benzene rings is 1. The number of aryl methyl sites for hydroxylation is 1. The minimum atomic E-state index is -0.519. The molecule has 0 radical (unpaired) electrons. The Kier molecular flexibility index (Phi) is 6.27. The van der Waals surface area contributed by atoms with Crippen LogP contribution in [0, 0.1) is 31.0 Å². The number of amides is 1. The van der Waals surface area contributed by atoms with Crippen LogP contribution in [-0.4, -0.2) is 23.2 Å². The van der Waals surface area contributed by atoms with Crippen molar-refractivity contribution >= 4 is 12.0 Å². The molecule has 1 atom stereocenters. The van der Waals surface area contributed by atoms with Gasteiger partial charge in [0.05, 0.1) is 6.10 Å². The zero-order valence-electron chi connectivity index (χ0n) is 16.2. The Bertz CT molecular complexity index is 934. The summed E-state index contributed by atoms with van der Waals surface area (Å²) in [6.07, 6.45) is 3.92. The summed E-state index contributed by atoms with van der Waals surface area (Å²) < 4.78 is 21.6. The lowest BCUT2D eigenvalue weighted by Crippen LogP contribution is -2.24. The number of aromatic nitrogens is 1. The lowest BCUT2D eigenvalue weighted by molar-refractivity contribution is -0.117. The Labute approximate surface area is 164 Å². The number of halogens is 1. The van der Waals surface area contributed by atoms with Gasteiger partial charge in [0.1, 0.15) is 17.5 Å². The molecule has 2 aromatic rings. The summed E-state index contributed by atoms with van der Waals surface area (Å²) in [6.45, 7) is 5.58. The molecule has 2 heterocycles. The molecule has 1 aliphatic heterocycles. The van der Waals surface area contributed by atoms with Crippen molar-refractivity contribution in [2.24, 2.45) is 0 Å². The van der Waals surface area contributed by atoms with E-state index in [1.165, 1.54) is 6.07 Å². The zero-order chi connectivity index (χ0) is 20.1. The average molecular weight is 381 g/mol. The minimum Gasteiger partial charge on any atom is -0.376 e. The van der Waals surface area contributed by atoms with Crippen LogP contribution in [0.3, 0.4) is 0 Å². The molecule has 1 fully saturated rings. The third kappa shape index (κ3) is 4.49. The largest absolute Gasteiger partial charge is 0.376 e. The van der Waals surface area contributed by atoms with Gasteiger partial charge in [0.25, 0.3) is 5.91 Å². The van der Waals surface area contributed by atoms with Gasteiger partial charge in [-0.15, -0.1) is 0 Å². The monoisotopic (exact) mass is 381 g/mol. The minimum absolute atomic E-state index is 0.00583. The number of hydrogen-bond acceptors (Lipinski definition) is 3. The number of hydrogen-bond donors (Lipinski definition) is 1. The first-order valence-corrected chi connectivity index (χ1v) is 9.41. The average Bonchev–Trinajstić information content (AvgIpc) is 3.29. The smallest absolute Gasteiger partial charge is 0.262 e. The van der Waals surface area contributed by atoms with Gasteiger partial charge in [-0.3, -0.25) is 4.79 Å². The highest BCUT2D eigenvalue weighted by molar-refractivity contribution is 6.01. The van der Waals surface area contributed by atoms with Gasteiger partial charge >= 0.3 is 0 Å². The normalized spacial score (nSPS) is 16.8. The van der Waals surface area contributed by atoms with Crippen molar-refractivity contribution < 1.29 is 13.9 Å². The number of ether oxygens (including phenoxy) is 1. The Morgan fingerprint density at radius 2 is 2.21 bits per heavy atom. The van der Waals surface area contributed by atoms with Crippen LogP contribution in [0.4, 0.5) is 4.39 Å². The maximum Gasteiger partial charge on any atom is 0.262 e. The van der Waals surface area contributed by atoms with Crippen molar-refractivity contribution in [1.82, 2.24) is 9.88 Å². The van der Waals surface area contributed by atoms with Gasteiger partial charge in [-0.05, 0) is 50.5 Å². The fourth-order valence-electron chi connectivity index (χ4n) is 3.46. The third-order valence-electron chi connectivity index (χ3n) is 5.09. The summed E-state index contributed by atoms with van der Waals surface area (Å²) in [5.74, 6) is -0.905. The van der Waals surface area contributed by atoms with Crippen molar-refractivity contribution in [3.63, 3.8) is 0 Å². The highest BCUT2D eigenvalue weighted by Gasteiger charge is 2.19. The molecule has 1 N–H and O–H groups in total. The molecule has 1 saturated heterocycles. The SMILES string of the molecule is Cc1cc(/C=C(\C#N)C(=O)NCc2ccccc2F)c(C)n1C[C@H]1CCCO1. The Morgan fingerprint density at radius 1 is 1.43 bits per heavy atom. The first-order valence-electron chi connectivity index (χ1n) is 9.41.